The van der Waals surface area contributed by atoms with Crippen molar-refractivity contribution in [2.45, 2.75) is 63.3 Å². The summed E-state index contributed by atoms with van der Waals surface area (Å²) in [5.74, 6) is -4.78. The number of amides is 2. The lowest BCUT2D eigenvalue weighted by atomic mass is 9.74. The number of alkyl halides is 1. The van der Waals surface area contributed by atoms with Crippen LogP contribution in [0.1, 0.15) is 71.5 Å². The van der Waals surface area contributed by atoms with Crippen LogP contribution in [0.4, 0.5) is 13.2 Å². The zero-order valence-electron chi connectivity index (χ0n) is 23.3. The molecule has 2 saturated heterocycles. The van der Waals surface area contributed by atoms with E-state index in [4.69, 9.17) is 14.3 Å². The minimum absolute atomic E-state index is 0.00454. The van der Waals surface area contributed by atoms with E-state index in [1.165, 1.54) is 6.20 Å². The molecular weight excluding hydrogens is 637 g/mol. The molecule has 2 aromatic rings. The number of aromatic nitrogens is 1. The standard InChI is InChI=1S/C29H30BrF3N4O6/c1-15-5-6-29(19-4-2-8-42-27(19)35-43-29)22-14-36(15)28(40)23-25(41-9-3-7-30)24(38)18(13-37(22)23)26(39)34-12-17-20(32)10-16(31)11-21(17)33/h10-11,13,15,19,22H,2-9,12,14H2,1H3,(H,34,39)/t15-,19-,22+,29-/m0/s1. The predicted molar refractivity (Wildman–Crippen MR) is 151 cm³/mol. The number of carbonyl (C=O) groups excluding carboxylic acids is 2. The molecule has 1 aromatic heterocycles. The molecule has 230 valence electrons. The fourth-order valence-corrected chi connectivity index (χ4v) is 6.78. The van der Waals surface area contributed by atoms with E-state index in [1.807, 2.05) is 6.92 Å². The van der Waals surface area contributed by atoms with Gasteiger partial charge in [0.15, 0.2) is 17.0 Å². The van der Waals surface area contributed by atoms with E-state index in [0.29, 0.717) is 49.2 Å². The minimum atomic E-state index is -1.18. The van der Waals surface area contributed by atoms with Gasteiger partial charge in [0.2, 0.25) is 11.3 Å². The summed E-state index contributed by atoms with van der Waals surface area (Å²) in [5.41, 5.74) is -2.69. The van der Waals surface area contributed by atoms with Crippen LogP contribution >= 0.6 is 15.9 Å². The van der Waals surface area contributed by atoms with Gasteiger partial charge in [-0.25, -0.2) is 13.2 Å². The van der Waals surface area contributed by atoms with Crippen molar-refractivity contribution in [3.05, 3.63) is 62.8 Å². The molecule has 2 bridgehead atoms. The van der Waals surface area contributed by atoms with Gasteiger partial charge in [-0.2, -0.15) is 0 Å². The van der Waals surface area contributed by atoms with Gasteiger partial charge in [0.25, 0.3) is 11.8 Å². The maximum absolute atomic E-state index is 14.3. The van der Waals surface area contributed by atoms with Crippen LogP contribution < -0.4 is 15.5 Å². The lowest BCUT2D eigenvalue weighted by Crippen LogP contribution is -2.55. The van der Waals surface area contributed by atoms with E-state index < -0.39 is 58.4 Å². The van der Waals surface area contributed by atoms with E-state index in [9.17, 15) is 27.6 Å². The summed E-state index contributed by atoms with van der Waals surface area (Å²) in [5, 5.41) is 7.22. The molecule has 1 spiro atoms. The number of rotatable bonds is 7. The fourth-order valence-electron chi connectivity index (χ4n) is 6.55. The van der Waals surface area contributed by atoms with E-state index in [2.05, 4.69) is 26.4 Å². The Balaban J connectivity index is 1.45. The van der Waals surface area contributed by atoms with Crippen molar-refractivity contribution in [1.29, 1.82) is 0 Å². The van der Waals surface area contributed by atoms with Gasteiger partial charge in [0.05, 0.1) is 25.2 Å². The summed E-state index contributed by atoms with van der Waals surface area (Å²) in [6.45, 7) is 2.15. The van der Waals surface area contributed by atoms with Gasteiger partial charge >= 0.3 is 0 Å². The number of oxime groups is 1. The molecule has 4 aliphatic rings. The van der Waals surface area contributed by atoms with Gasteiger partial charge in [-0.3, -0.25) is 14.4 Å². The molecule has 1 N–H and O–H groups in total. The van der Waals surface area contributed by atoms with Crippen molar-refractivity contribution in [2.24, 2.45) is 11.1 Å². The largest absolute Gasteiger partial charge is 0.487 e. The summed E-state index contributed by atoms with van der Waals surface area (Å²) in [6.07, 6.45) is 4.51. The molecule has 10 nitrogen and oxygen atoms in total. The molecule has 2 fully saturated rings. The van der Waals surface area contributed by atoms with Gasteiger partial charge in [-0.15, -0.1) is 0 Å². The SMILES string of the molecule is C[C@H]1CC[C@@]2(ON=C3OCCC[C@@H]32)[C@H]2CN1C(=O)c1c(OCCCBr)c(=O)c(C(=O)NCc3c(F)cc(F)cc3F)cn12. The second-order valence-corrected chi connectivity index (χ2v) is 12.1. The molecule has 0 unspecified atom stereocenters. The Morgan fingerprint density at radius 3 is 2.74 bits per heavy atom. The molecular formula is C29H30BrF3N4O6. The first-order chi connectivity index (χ1) is 20.7. The Bertz CT molecular complexity index is 1540. The molecule has 4 atom stereocenters. The van der Waals surface area contributed by atoms with Gasteiger partial charge in [0, 0.05) is 48.4 Å². The first kappa shape index (κ1) is 29.5. The van der Waals surface area contributed by atoms with Crippen LogP contribution in [0.15, 0.2) is 28.3 Å². The molecule has 5 heterocycles. The monoisotopic (exact) mass is 666 g/mol. The van der Waals surface area contributed by atoms with E-state index in [0.717, 1.165) is 12.8 Å². The second-order valence-electron chi connectivity index (χ2n) is 11.3. The highest BCUT2D eigenvalue weighted by Crippen LogP contribution is 2.51. The molecule has 14 heteroatoms. The zero-order chi connectivity index (χ0) is 30.5. The summed E-state index contributed by atoms with van der Waals surface area (Å²) >= 11 is 3.33. The number of hydrogen-bond acceptors (Lipinski definition) is 7. The average Bonchev–Trinajstić information content (AvgIpc) is 3.29. The van der Waals surface area contributed by atoms with Crippen LogP contribution in [0.2, 0.25) is 0 Å². The van der Waals surface area contributed by atoms with Crippen molar-refractivity contribution >= 4 is 33.6 Å². The molecule has 0 radical (unpaired) electrons. The average molecular weight is 667 g/mol. The number of ether oxygens (including phenoxy) is 2. The highest BCUT2D eigenvalue weighted by atomic mass is 79.9. The molecule has 6 rings (SSSR count). The highest BCUT2D eigenvalue weighted by Gasteiger charge is 2.60. The number of carbonyl (C=O) groups is 2. The number of nitrogens with one attached hydrogen (secondary N) is 1. The third kappa shape index (κ3) is 4.96. The number of pyridine rings is 1. The van der Waals surface area contributed by atoms with Crippen molar-refractivity contribution in [3.63, 3.8) is 0 Å². The van der Waals surface area contributed by atoms with E-state index in [-0.39, 0.29) is 42.1 Å². The predicted octanol–water partition coefficient (Wildman–Crippen LogP) is 4.05. The summed E-state index contributed by atoms with van der Waals surface area (Å²) in [4.78, 5) is 49.1. The summed E-state index contributed by atoms with van der Waals surface area (Å²) in [7, 11) is 0. The Kier molecular flexibility index (Phi) is 7.90. The van der Waals surface area contributed by atoms with Crippen LogP contribution in [0.5, 0.6) is 5.75 Å². The second kappa shape index (κ2) is 11.5. The number of fused-ring (bicyclic) bond motifs is 7. The fraction of sp³-hybridized carbons (Fsp3) is 0.517. The maximum atomic E-state index is 14.3. The molecule has 1 aromatic carbocycles. The number of benzene rings is 1. The lowest BCUT2D eigenvalue weighted by Gasteiger charge is -2.44. The minimum Gasteiger partial charge on any atom is -0.487 e. The normalized spacial score (nSPS) is 25.7. The molecule has 4 aliphatic heterocycles. The van der Waals surface area contributed by atoms with Gasteiger partial charge in [0.1, 0.15) is 23.0 Å². The van der Waals surface area contributed by atoms with Crippen LogP contribution in [0, 0.1) is 23.4 Å². The highest BCUT2D eigenvalue weighted by molar-refractivity contribution is 9.09. The van der Waals surface area contributed by atoms with Crippen molar-refractivity contribution in [2.75, 3.05) is 25.1 Å². The quantitative estimate of drug-likeness (QED) is 0.353. The van der Waals surface area contributed by atoms with Gasteiger partial charge < -0.3 is 29.1 Å². The van der Waals surface area contributed by atoms with E-state index >= 15 is 0 Å². The molecule has 0 aliphatic carbocycles. The van der Waals surface area contributed by atoms with Crippen molar-refractivity contribution < 1.29 is 37.1 Å². The van der Waals surface area contributed by atoms with Crippen molar-refractivity contribution in [1.82, 2.24) is 14.8 Å². The van der Waals surface area contributed by atoms with Crippen LogP contribution in [-0.4, -0.2) is 63.9 Å². The topological polar surface area (TPSA) is 111 Å². The first-order valence-corrected chi connectivity index (χ1v) is 15.4. The first-order valence-electron chi connectivity index (χ1n) is 14.3. The number of hydrogen-bond donors (Lipinski definition) is 1. The van der Waals surface area contributed by atoms with Crippen LogP contribution in [-0.2, 0) is 16.1 Å². The third-order valence-electron chi connectivity index (χ3n) is 8.79. The third-order valence-corrected chi connectivity index (χ3v) is 9.35. The van der Waals surface area contributed by atoms with Gasteiger partial charge in [-0.1, -0.05) is 21.1 Å². The molecule has 0 saturated carbocycles. The Morgan fingerprint density at radius 1 is 1.23 bits per heavy atom. The van der Waals surface area contributed by atoms with Crippen molar-refractivity contribution in [3.8, 4) is 5.75 Å². The molecule has 2 amide bonds. The summed E-state index contributed by atoms with van der Waals surface area (Å²) in [6, 6.07) is 0.278. The van der Waals surface area contributed by atoms with Crippen LogP contribution in [0.25, 0.3) is 0 Å². The lowest BCUT2D eigenvalue weighted by molar-refractivity contribution is -0.0931. The Morgan fingerprint density at radius 2 is 2.00 bits per heavy atom. The maximum Gasteiger partial charge on any atom is 0.274 e. The summed E-state index contributed by atoms with van der Waals surface area (Å²) < 4.78 is 55.2. The number of nitrogens with zero attached hydrogens (tertiary/aromatic N) is 3. The van der Waals surface area contributed by atoms with Crippen LogP contribution in [0.3, 0.4) is 0 Å². The Labute approximate surface area is 253 Å². The Hall–Kier alpha value is -3.55. The number of halogens is 4. The van der Waals surface area contributed by atoms with E-state index in [1.54, 1.807) is 9.47 Å². The smallest absolute Gasteiger partial charge is 0.274 e. The molecule has 43 heavy (non-hydrogen) atoms. The zero-order valence-corrected chi connectivity index (χ0v) is 24.9. The van der Waals surface area contributed by atoms with Gasteiger partial charge in [-0.05, 0) is 39.0 Å².